The second-order valence-electron chi connectivity index (χ2n) is 7.77. The highest BCUT2D eigenvalue weighted by Gasteiger charge is 2.41. The second-order valence-corrected chi connectivity index (χ2v) is 7.77. The molecule has 3 rings (SSSR count). The number of ether oxygens (including phenoxy) is 1. The van der Waals surface area contributed by atoms with E-state index < -0.39 is 0 Å². The van der Waals surface area contributed by atoms with Crippen LogP contribution in [0.15, 0.2) is 30.3 Å². The lowest BCUT2D eigenvalue weighted by atomic mass is 9.73. The Hall–Kier alpha value is -1.43. The lowest BCUT2D eigenvalue weighted by Crippen LogP contribution is -2.54. The molecule has 2 aliphatic heterocycles. The molecule has 1 aromatic rings. The van der Waals surface area contributed by atoms with Crippen molar-refractivity contribution in [2.45, 2.75) is 32.1 Å². The van der Waals surface area contributed by atoms with E-state index in [1.165, 1.54) is 18.4 Å². The molecule has 0 aromatic heterocycles. The zero-order valence-electron chi connectivity index (χ0n) is 15.7. The summed E-state index contributed by atoms with van der Waals surface area (Å²) in [5.41, 5.74) is 1.55. The third-order valence-corrected chi connectivity index (χ3v) is 5.79. The molecule has 26 heavy (non-hydrogen) atoms. The number of aliphatic hydroxyl groups excluding tert-OH is 1. The maximum absolute atomic E-state index is 12.4. The first kappa shape index (κ1) is 19.3. The van der Waals surface area contributed by atoms with E-state index in [0.29, 0.717) is 25.5 Å². The Morgan fingerprint density at radius 2 is 1.92 bits per heavy atom. The van der Waals surface area contributed by atoms with Crippen LogP contribution in [0.2, 0.25) is 0 Å². The number of nitrogens with zero attached hydrogens (tertiary/aromatic N) is 2. The van der Waals surface area contributed by atoms with E-state index in [-0.39, 0.29) is 12.0 Å². The molecular weight excluding hydrogens is 328 g/mol. The molecule has 1 unspecified atom stereocenters. The van der Waals surface area contributed by atoms with E-state index in [1.807, 2.05) is 6.07 Å². The number of likely N-dealkylation sites (tertiary alicyclic amines) is 2. The lowest BCUT2D eigenvalue weighted by Gasteiger charge is -2.48. The fourth-order valence-electron chi connectivity index (χ4n) is 4.41. The number of hydrogen-bond acceptors (Lipinski definition) is 4. The molecule has 2 fully saturated rings. The molecule has 1 aromatic carbocycles. The van der Waals surface area contributed by atoms with Gasteiger partial charge < -0.3 is 19.6 Å². The Bertz CT molecular complexity index is 566. The van der Waals surface area contributed by atoms with Gasteiger partial charge in [-0.15, -0.1) is 0 Å². The number of carbonyl (C=O) groups excluding carboxylic acids is 1. The van der Waals surface area contributed by atoms with Crippen LogP contribution in [-0.2, 0) is 16.0 Å². The van der Waals surface area contributed by atoms with Crippen LogP contribution in [0.25, 0.3) is 0 Å². The van der Waals surface area contributed by atoms with Crippen LogP contribution < -0.4 is 0 Å². The van der Waals surface area contributed by atoms with Crippen LogP contribution in [-0.4, -0.2) is 73.4 Å². The second kappa shape index (κ2) is 9.49. The summed E-state index contributed by atoms with van der Waals surface area (Å²) in [4.78, 5) is 17.0. The zero-order valence-corrected chi connectivity index (χ0v) is 15.7. The normalized spacial score (nSPS) is 24.3. The third kappa shape index (κ3) is 5.29. The number of carbonyl (C=O) groups is 1. The summed E-state index contributed by atoms with van der Waals surface area (Å²) in [6, 6.07) is 10.4. The van der Waals surface area contributed by atoms with Crippen molar-refractivity contribution in [3.05, 3.63) is 35.9 Å². The van der Waals surface area contributed by atoms with Crippen molar-refractivity contribution in [1.29, 1.82) is 0 Å². The highest BCUT2D eigenvalue weighted by molar-refractivity contribution is 5.77. The first-order chi connectivity index (χ1) is 12.7. The predicted octanol–water partition coefficient (Wildman–Crippen LogP) is 1.94. The quantitative estimate of drug-likeness (QED) is 0.720. The molecule has 5 nitrogen and oxygen atoms in total. The Balaban J connectivity index is 1.53. The summed E-state index contributed by atoms with van der Waals surface area (Å²) in [6.45, 7) is 5.99. The van der Waals surface area contributed by atoms with Gasteiger partial charge >= 0.3 is 0 Å². The molecule has 144 valence electrons. The van der Waals surface area contributed by atoms with E-state index in [1.54, 1.807) is 0 Å². The summed E-state index contributed by atoms with van der Waals surface area (Å²) in [7, 11) is 0. The molecule has 1 atom stereocenters. The van der Waals surface area contributed by atoms with Crippen molar-refractivity contribution in [3.63, 3.8) is 0 Å². The summed E-state index contributed by atoms with van der Waals surface area (Å²) in [6.07, 6.45) is 5.05. The van der Waals surface area contributed by atoms with Crippen molar-refractivity contribution in [3.8, 4) is 0 Å². The van der Waals surface area contributed by atoms with E-state index in [2.05, 4.69) is 34.1 Å². The Kier molecular flexibility index (Phi) is 7.06. The minimum absolute atomic E-state index is 0.0857. The third-order valence-electron chi connectivity index (χ3n) is 5.79. The van der Waals surface area contributed by atoms with Gasteiger partial charge in [-0.3, -0.25) is 4.79 Å². The predicted molar refractivity (Wildman–Crippen MR) is 102 cm³/mol. The summed E-state index contributed by atoms with van der Waals surface area (Å²) in [5.74, 6) is 0.315. The number of amides is 1. The number of rotatable bonds is 8. The van der Waals surface area contributed by atoms with Crippen molar-refractivity contribution in [2.24, 2.45) is 5.41 Å². The molecule has 1 amide bonds. The van der Waals surface area contributed by atoms with Crippen LogP contribution >= 0.6 is 0 Å². The molecule has 1 spiro atoms. The first-order valence-corrected chi connectivity index (χ1v) is 9.93. The van der Waals surface area contributed by atoms with Crippen LogP contribution in [0.1, 0.15) is 31.2 Å². The monoisotopic (exact) mass is 360 g/mol. The first-order valence-electron chi connectivity index (χ1n) is 9.93. The van der Waals surface area contributed by atoms with Gasteiger partial charge in [0.05, 0.1) is 19.8 Å². The van der Waals surface area contributed by atoms with Gasteiger partial charge in [0.25, 0.3) is 0 Å². The maximum atomic E-state index is 12.4. The molecule has 2 saturated heterocycles. The average molecular weight is 360 g/mol. The van der Waals surface area contributed by atoms with Gasteiger partial charge in [-0.25, -0.2) is 0 Å². The van der Waals surface area contributed by atoms with E-state index in [4.69, 9.17) is 9.84 Å². The molecular formula is C21H32N2O3. The molecule has 1 N–H and O–H groups in total. The van der Waals surface area contributed by atoms with Gasteiger partial charge in [0.1, 0.15) is 0 Å². The van der Waals surface area contributed by atoms with E-state index >= 15 is 0 Å². The van der Waals surface area contributed by atoms with E-state index in [0.717, 1.165) is 45.6 Å². The molecule has 2 heterocycles. The minimum atomic E-state index is 0.0857. The summed E-state index contributed by atoms with van der Waals surface area (Å²) >= 11 is 0. The molecule has 5 heteroatoms. The maximum Gasteiger partial charge on any atom is 0.222 e. The van der Waals surface area contributed by atoms with Crippen molar-refractivity contribution >= 4 is 5.91 Å². The van der Waals surface area contributed by atoms with Gasteiger partial charge in [0.2, 0.25) is 5.91 Å². The lowest BCUT2D eigenvalue weighted by molar-refractivity contribution is -0.139. The molecule has 0 aliphatic carbocycles. The smallest absolute Gasteiger partial charge is 0.222 e. The molecule has 2 aliphatic rings. The highest BCUT2D eigenvalue weighted by atomic mass is 16.5. The number of benzene rings is 1. The standard InChI is InChI=1S/C21H32N2O3/c24-14-16-26-15-13-22-11-4-9-21(17-22)10-7-20(25)23(18-21)12-8-19-5-2-1-3-6-19/h1-3,5-6,24H,4,7-18H2. The number of hydrogen-bond donors (Lipinski definition) is 1. The highest BCUT2D eigenvalue weighted by Crippen LogP contribution is 2.38. The van der Waals surface area contributed by atoms with Crippen LogP contribution in [0.4, 0.5) is 0 Å². The average Bonchev–Trinajstić information content (AvgIpc) is 2.67. The molecule has 0 radical (unpaired) electrons. The molecule has 0 bridgehead atoms. The van der Waals surface area contributed by atoms with Crippen molar-refractivity contribution < 1.29 is 14.6 Å². The number of aliphatic hydroxyl groups is 1. The zero-order chi connectivity index (χ0) is 18.2. The largest absolute Gasteiger partial charge is 0.394 e. The summed E-state index contributed by atoms with van der Waals surface area (Å²) in [5, 5.41) is 8.81. The Morgan fingerprint density at radius 3 is 2.73 bits per heavy atom. The van der Waals surface area contributed by atoms with Gasteiger partial charge in [-0.2, -0.15) is 0 Å². The topological polar surface area (TPSA) is 53.0 Å². The van der Waals surface area contributed by atoms with Crippen LogP contribution in [0.5, 0.6) is 0 Å². The van der Waals surface area contributed by atoms with Crippen LogP contribution in [0.3, 0.4) is 0 Å². The van der Waals surface area contributed by atoms with Crippen LogP contribution in [0, 0.1) is 5.41 Å². The number of piperidine rings is 2. The Morgan fingerprint density at radius 1 is 1.08 bits per heavy atom. The Labute approximate surface area is 156 Å². The van der Waals surface area contributed by atoms with Gasteiger partial charge in [-0.1, -0.05) is 30.3 Å². The SMILES string of the molecule is O=C1CCC2(CCCN(CCOCCO)C2)CN1CCc1ccccc1. The van der Waals surface area contributed by atoms with Crippen molar-refractivity contribution in [1.82, 2.24) is 9.80 Å². The summed E-state index contributed by atoms with van der Waals surface area (Å²) < 4.78 is 5.43. The fraction of sp³-hybridized carbons (Fsp3) is 0.667. The van der Waals surface area contributed by atoms with Gasteiger partial charge in [0, 0.05) is 38.0 Å². The minimum Gasteiger partial charge on any atom is -0.394 e. The van der Waals surface area contributed by atoms with Gasteiger partial charge in [0.15, 0.2) is 0 Å². The van der Waals surface area contributed by atoms with E-state index in [9.17, 15) is 4.79 Å². The van der Waals surface area contributed by atoms with Gasteiger partial charge in [-0.05, 0) is 37.8 Å². The fourth-order valence-corrected chi connectivity index (χ4v) is 4.41. The molecule has 0 saturated carbocycles. The van der Waals surface area contributed by atoms with Crippen molar-refractivity contribution in [2.75, 3.05) is 52.5 Å².